The molecule has 0 spiro atoms. The van der Waals surface area contributed by atoms with E-state index in [9.17, 15) is 0 Å². The minimum absolute atomic E-state index is 0.355. The summed E-state index contributed by atoms with van der Waals surface area (Å²) in [6.07, 6.45) is 8.82. The molecule has 2 fully saturated rings. The number of ether oxygens (including phenoxy) is 2. The van der Waals surface area contributed by atoms with Crippen molar-refractivity contribution in [3.05, 3.63) is 0 Å². The lowest BCUT2D eigenvalue weighted by molar-refractivity contribution is 0.0372. The molecule has 2 aliphatic rings. The summed E-state index contributed by atoms with van der Waals surface area (Å²) in [5.41, 5.74) is 0.355. The summed E-state index contributed by atoms with van der Waals surface area (Å²) < 4.78 is 11.0. The minimum atomic E-state index is 0.355. The van der Waals surface area contributed by atoms with E-state index >= 15 is 0 Å². The highest BCUT2D eigenvalue weighted by Gasteiger charge is 2.33. The number of aliphatic imine (C=N–C) groups is 1. The zero-order chi connectivity index (χ0) is 19.2. The number of rotatable bonds is 12. The number of morpholine rings is 1. The largest absolute Gasteiger partial charge is 0.382 e. The summed E-state index contributed by atoms with van der Waals surface area (Å²) in [7, 11) is 0. The fourth-order valence-corrected chi connectivity index (χ4v) is 4.13. The van der Waals surface area contributed by atoms with Crippen LogP contribution in [-0.2, 0) is 9.47 Å². The van der Waals surface area contributed by atoms with Gasteiger partial charge in [0, 0.05) is 45.9 Å². The van der Waals surface area contributed by atoms with E-state index < -0.39 is 0 Å². The highest BCUT2D eigenvalue weighted by atomic mass is 16.5. The zero-order valence-electron chi connectivity index (χ0n) is 17.7. The number of unbranched alkanes of at least 4 members (excludes halogenated alkanes) is 1. The molecule has 0 bridgehead atoms. The Bertz CT molecular complexity index is 405. The van der Waals surface area contributed by atoms with Crippen LogP contribution in [0.5, 0.6) is 0 Å². The maximum absolute atomic E-state index is 5.63. The van der Waals surface area contributed by atoms with E-state index in [2.05, 4.69) is 29.4 Å². The van der Waals surface area contributed by atoms with Gasteiger partial charge in [0.05, 0.1) is 13.2 Å². The second-order valence-electron chi connectivity index (χ2n) is 7.94. The number of nitrogens with one attached hydrogen (secondary N) is 2. The Morgan fingerprint density at radius 1 is 1.11 bits per heavy atom. The molecule has 158 valence electrons. The molecular formula is C21H42N4O2. The first-order chi connectivity index (χ1) is 13.3. The topological polar surface area (TPSA) is 58.1 Å². The summed E-state index contributed by atoms with van der Waals surface area (Å²) in [5, 5.41) is 6.94. The average molecular weight is 383 g/mol. The molecule has 1 heterocycles. The molecule has 2 rings (SSSR count). The third kappa shape index (κ3) is 8.79. The van der Waals surface area contributed by atoms with Crippen molar-refractivity contribution in [3.63, 3.8) is 0 Å². The first-order valence-electron chi connectivity index (χ1n) is 11.2. The fraction of sp³-hybridized carbons (Fsp3) is 0.952. The number of hydrogen-bond acceptors (Lipinski definition) is 4. The molecule has 1 saturated heterocycles. The molecule has 27 heavy (non-hydrogen) atoms. The van der Waals surface area contributed by atoms with Crippen LogP contribution in [-0.4, -0.2) is 76.6 Å². The molecule has 0 aromatic heterocycles. The lowest BCUT2D eigenvalue weighted by Crippen LogP contribution is -2.39. The zero-order valence-corrected chi connectivity index (χ0v) is 17.7. The van der Waals surface area contributed by atoms with Crippen molar-refractivity contribution in [2.24, 2.45) is 10.4 Å². The summed E-state index contributed by atoms with van der Waals surface area (Å²) in [6.45, 7) is 13.8. The molecule has 0 aromatic carbocycles. The maximum Gasteiger partial charge on any atom is 0.191 e. The third-order valence-corrected chi connectivity index (χ3v) is 5.86. The number of nitrogens with zero attached hydrogens (tertiary/aromatic N) is 2. The highest BCUT2D eigenvalue weighted by Crippen LogP contribution is 2.41. The highest BCUT2D eigenvalue weighted by molar-refractivity contribution is 5.79. The third-order valence-electron chi connectivity index (χ3n) is 5.86. The molecule has 0 radical (unpaired) electrons. The standard InChI is InChI=1S/C21H42N4O2/c1-3-22-20(23-12-7-8-13-25-14-17-27-18-15-25)24-19-21(9-5-6-10-21)11-16-26-4-2/h3-19H2,1-2H3,(H2,22,23,24). The Balaban J connectivity index is 1.70. The molecule has 1 aliphatic heterocycles. The quantitative estimate of drug-likeness (QED) is 0.309. The SMILES string of the molecule is CCNC(=NCC1(CCOCC)CCCC1)NCCCCN1CCOCC1. The summed E-state index contributed by atoms with van der Waals surface area (Å²) in [6, 6.07) is 0. The van der Waals surface area contributed by atoms with Gasteiger partial charge in [0.2, 0.25) is 0 Å². The van der Waals surface area contributed by atoms with Crippen molar-refractivity contribution >= 4 is 5.96 Å². The molecule has 1 saturated carbocycles. The van der Waals surface area contributed by atoms with Crippen molar-refractivity contribution in [3.8, 4) is 0 Å². The Morgan fingerprint density at radius 3 is 2.59 bits per heavy atom. The molecular weight excluding hydrogens is 340 g/mol. The predicted octanol–water partition coefficient (Wildman–Crippen LogP) is 2.64. The van der Waals surface area contributed by atoms with Gasteiger partial charge in [-0.2, -0.15) is 0 Å². The first kappa shape index (κ1) is 22.4. The van der Waals surface area contributed by atoms with Crippen LogP contribution in [0.1, 0.15) is 58.8 Å². The summed E-state index contributed by atoms with van der Waals surface area (Å²) >= 11 is 0. The van der Waals surface area contributed by atoms with Crippen LogP contribution in [0.4, 0.5) is 0 Å². The molecule has 0 aromatic rings. The van der Waals surface area contributed by atoms with Crippen LogP contribution in [0.2, 0.25) is 0 Å². The van der Waals surface area contributed by atoms with Crippen molar-refractivity contribution in [1.82, 2.24) is 15.5 Å². The van der Waals surface area contributed by atoms with Crippen LogP contribution >= 0.6 is 0 Å². The Labute approximate surface area is 166 Å². The van der Waals surface area contributed by atoms with Gasteiger partial charge < -0.3 is 20.1 Å². The van der Waals surface area contributed by atoms with Crippen LogP contribution in [0.15, 0.2) is 4.99 Å². The van der Waals surface area contributed by atoms with Crippen molar-refractivity contribution in [1.29, 1.82) is 0 Å². The van der Waals surface area contributed by atoms with Gasteiger partial charge in [-0.1, -0.05) is 12.8 Å². The minimum Gasteiger partial charge on any atom is -0.382 e. The molecule has 1 aliphatic carbocycles. The Morgan fingerprint density at radius 2 is 1.89 bits per heavy atom. The second kappa shape index (κ2) is 13.3. The lowest BCUT2D eigenvalue weighted by atomic mass is 9.83. The monoisotopic (exact) mass is 382 g/mol. The predicted molar refractivity (Wildman–Crippen MR) is 112 cm³/mol. The van der Waals surface area contributed by atoms with Crippen LogP contribution in [0.25, 0.3) is 0 Å². The van der Waals surface area contributed by atoms with Crippen molar-refractivity contribution < 1.29 is 9.47 Å². The van der Waals surface area contributed by atoms with Gasteiger partial charge >= 0.3 is 0 Å². The molecule has 0 unspecified atom stereocenters. The van der Waals surface area contributed by atoms with Crippen LogP contribution in [0.3, 0.4) is 0 Å². The average Bonchev–Trinajstić information content (AvgIpc) is 3.16. The molecule has 6 nitrogen and oxygen atoms in total. The van der Waals surface area contributed by atoms with E-state index in [1.807, 2.05) is 0 Å². The summed E-state index contributed by atoms with van der Waals surface area (Å²) in [5.74, 6) is 0.978. The number of hydrogen-bond donors (Lipinski definition) is 2. The first-order valence-corrected chi connectivity index (χ1v) is 11.2. The van der Waals surface area contributed by atoms with E-state index in [-0.39, 0.29) is 0 Å². The van der Waals surface area contributed by atoms with Crippen molar-refractivity contribution in [2.45, 2.75) is 58.8 Å². The van der Waals surface area contributed by atoms with Gasteiger partial charge in [-0.05, 0) is 57.9 Å². The molecule has 0 amide bonds. The van der Waals surface area contributed by atoms with Crippen molar-refractivity contribution in [2.75, 3.05) is 65.7 Å². The van der Waals surface area contributed by atoms with Gasteiger partial charge in [-0.15, -0.1) is 0 Å². The lowest BCUT2D eigenvalue weighted by Gasteiger charge is -2.27. The Kier molecular flexibility index (Phi) is 11.1. The van der Waals surface area contributed by atoms with Gasteiger partial charge in [-0.25, -0.2) is 0 Å². The Hall–Kier alpha value is -0.850. The van der Waals surface area contributed by atoms with E-state index in [0.29, 0.717) is 5.41 Å². The smallest absolute Gasteiger partial charge is 0.191 e. The van der Waals surface area contributed by atoms with E-state index in [1.165, 1.54) is 45.1 Å². The number of guanidine groups is 1. The summed E-state index contributed by atoms with van der Waals surface area (Å²) in [4.78, 5) is 7.45. The molecule has 6 heteroatoms. The molecule has 2 N–H and O–H groups in total. The van der Waals surface area contributed by atoms with Gasteiger partial charge in [-0.3, -0.25) is 9.89 Å². The fourth-order valence-electron chi connectivity index (χ4n) is 4.13. The van der Waals surface area contributed by atoms with Gasteiger partial charge in [0.15, 0.2) is 5.96 Å². The van der Waals surface area contributed by atoms with E-state index in [0.717, 1.165) is 71.5 Å². The van der Waals surface area contributed by atoms with Crippen LogP contribution < -0.4 is 10.6 Å². The van der Waals surface area contributed by atoms with Gasteiger partial charge in [0.25, 0.3) is 0 Å². The van der Waals surface area contributed by atoms with Crippen LogP contribution in [0, 0.1) is 5.41 Å². The maximum atomic E-state index is 5.63. The van der Waals surface area contributed by atoms with E-state index in [1.54, 1.807) is 0 Å². The van der Waals surface area contributed by atoms with E-state index in [4.69, 9.17) is 14.5 Å². The molecule has 0 atom stereocenters. The van der Waals surface area contributed by atoms with Gasteiger partial charge in [0.1, 0.15) is 0 Å². The normalized spacial score (nSPS) is 20.7. The second-order valence-corrected chi connectivity index (χ2v) is 7.94.